The van der Waals surface area contributed by atoms with Crippen LogP contribution in [0.15, 0.2) is 243 Å². The molecule has 4 aromatic heterocycles. The van der Waals surface area contributed by atoms with Gasteiger partial charge in [-0.25, -0.2) is 4.98 Å². The summed E-state index contributed by atoms with van der Waals surface area (Å²) in [5.74, 6) is 1.75. The van der Waals surface area contributed by atoms with Crippen molar-refractivity contribution < 1.29 is 0 Å². The van der Waals surface area contributed by atoms with Crippen LogP contribution >= 0.6 is 0 Å². The van der Waals surface area contributed by atoms with Crippen LogP contribution in [0.1, 0.15) is 0 Å². The lowest BCUT2D eigenvalue weighted by molar-refractivity contribution is 0.953. The van der Waals surface area contributed by atoms with E-state index in [9.17, 15) is 0 Å². The van der Waals surface area contributed by atoms with E-state index in [1.807, 2.05) is 24.3 Å². The normalized spacial score (nSPS) is 11.8. The first-order valence-corrected chi connectivity index (χ1v) is 23.4. The molecule has 6 nitrogen and oxygen atoms in total. The van der Waals surface area contributed by atoms with Gasteiger partial charge in [-0.05, 0) is 76.9 Å². The average molecular weight is 881 g/mol. The Labute approximate surface area is 397 Å². The zero-order valence-corrected chi connectivity index (χ0v) is 37.3. The van der Waals surface area contributed by atoms with Crippen molar-refractivity contribution in [1.29, 1.82) is 0 Å². The van der Waals surface area contributed by atoms with Gasteiger partial charge < -0.3 is 9.13 Å². The van der Waals surface area contributed by atoms with Crippen molar-refractivity contribution in [2.45, 2.75) is 0 Å². The molecule has 0 aliphatic carbocycles. The highest BCUT2D eigenvalue weighted by Gasteiger charge is 2.24. The Balaban J connectivity index is 1.08. The van der Waals surface area contributed by atoms with Crippen molar-refractivity contribution in [1.82, 2.24) is 28.7 Å². The van der Waals surface area contributed by atoms with Crippen molar-refractivity contribution in [2.75, 3.05) is 0 Å². The number of hydrogen-bond donors (Lipinski definition) is 0. The molecule has 6 heteroatoms. The van der Waals surface area contributed by atoms with E-state index in [0.717, 1.165) is 82.8 Å². The molecule has 0 saturated carbocycles. The first-order valence-electron chi connectivity index (χ1n) is 23.4. The van der Waals surface area contributed by atoms with Crippen LogP contribution in [-0.4, -0.2) is 28.7 Å². The molecule has 0 radical (unpaired) electrons. The maximum Gasteiger partial charge on any atom is 0.238 e. The van der Waals surface area contributed by atoms with E-state index in [1.165, 1.54) is 27.4 Å². The number of fused-ring (bicyclic) bond motifs is 10. The minimum atomic E-state index is 0.546. The third-order valence-corrected chi connectivity index (χ3v) is 13.7. The van der Waals surface area contributed by atoms with Gasteiger partial charge >= 0.3 is 0 Å². The summed E-state index contributed by atoms with van der Waals surface area (Å²) in [5.41, 5.74) is 15.1. The van der Waals surface area contributed by atoms with Gasteiger partial charge in [0.25, 0.3) is 0 Å². The van der Waals surface area contributed by atoms with Crippen LogP contribution in [0.4, 0.5) is 0 Å². The van der Waals surface area contributed by atoms with Crippen LogP contribution in [0.3, 0.4) is 0 Å². The van der Waals surface area contributed by atoms with Crippen molar-refractivity contribution >= 4 is 65.4 Å². The van der Waals surface area contributed by atoms with Crippen LogP contribution < -0.4 is 0 Å². The molecule has 0 unspecified atom stereocenters. The minimum Gasteiger partial charge on any atom is -0.309 e. The zero-order chi connectivity index (χ0) is 45.4. The van der Waals surface area contributed by atoms with Gasteiger partial charge in [0.15, 0.2) is 11.6 Å². The van der Waals surface area contributed by atoms with Crippen molar-refractivity contribution in [2.24, 2.45) is 0 Å². The second-order valence-electron chi connectivity index (χ2n) is 17.6. The molecule has 0 aliphatic rings. The van der Waals surface area contributed by atoms with E-state index >= 15 is 0 Å². The lowest BCUT2D eigenvalue weighted by Gasteiger charge is -2.14. The number of hydrogen-bond acceptors (Lipinski definition) is 3. The Morgan fingerprint density at radius 2 is 0.667 bits per heavy atom. The molecule has 10 aromatic carbocycles. The molecule has 322 valence electrons. The Morgan fingerprint density at radius 1 is 0.232 bits per heavy atom. The van der Waals surface area contributed by atoms with Crippen LogP contribution in [0.2, 0.25) is 0 Å². The van der Waals surface area contributed by atoms with E-state index < -0.39 is 0 Å². The fourth-order valence-electron chi connectivity index (χ4n) is 10.6. The number of rotatable bonds is 7. The second kappa shape index (κ2) is 15.6. The maximum absolute atomic E-state index is 5.45. The van der Waals surface area contributed by atoms with Gasteiger partial charge in [-0.15, -0.1) is 0 Å². The largest absolute Gasteiger partial charge is 0.309 e. The standard InChI is InChI=1S/C63H40N6/c1-4-17-41(18-5-1)43-31-33-47(34-32-43)68-58-38-35-48(67-55-28-13-10-25-49(55)50-26-11-14-29-56(50)67)40-54(58)53-37-36-52-51-27-12-15-30-57(51)69(60(52)59(53)68)63-65-61(44-21-8-3-9-22-44)64-62(66-63)46-24-16-23-45(39-46)42-19-6-2-7-20-42/h1-40H. The second-order valence-corrected chi connectivity index (χ2v) is 17.6. The summed E-state index contributed by atoms with van der Waals surface area (Å²) < 4.78 is 7.12. The molecule has 0 atom stereocenters. The predicted molar refractivity (Wildman–Crippen MR) is 285 cm³/mol. The Kier molecular flexibility index (Phi) is 8.79. The minimum absolute atomic E-state index is 0.546. The predicted octanol–water partition coefficient (Wildman–Crippen LogP) is 15.8. The molecule has 0 spiro atoms. The molecular formula is C63H40N6. The number of para-hydroxylation sites is 3. The highest BCUT2D eigenvalue weighted by Crippen LogP contribution is 2.43. The topological polar surface area (TPSA) is 53.5 Å². The Hall–Kier alpha value is -9.39. The molecule has 0 amide bonds. The van der Waals surface area contributed by atoms with E-state index in [0.29, 0.717) is 17.6 Å². The summed E-state index contributed by atoms with van der Waals surface area (Å²) >= 11 is 0. The quantitative estimate of drug-likeness (QED) is 0.160. The molecule has 69 heavy (non-hydrogen) atoms. The molecule has 14 aromatic rings. The fraction of sp³-hybridized carbons (Fsp3) is 0. The number of benzene rings is 10. The third kappa shape index (κ3) is 6.23. The monoisotopic (exact) mass is 880 g/mol. The van der Waals surface area contributed by atoms with Crippen LogP contribution in [0.25, 0.3) is 128 Å². The smallest absolute Gasteiger partial charge is 0.238 e. The molecule has 0 bridgehead atoms. The fourth-order valence-corrected chi connectivity index (χ4v) is 10.6. The van der Waals surface area contributed by atoms with Crippen LogP contribution in [0.5, 0.6) is 0 Å². The van der Waals surface area contributed by atoms with E-state index in [-0.39, 0.29) is 0 Å². The van der Waals surface area contributed by atoms with E-state index in [1.54, 1.807) is 0 Å². The van der Waals surface area contributed by atoms with Crippen LogP contribution in [-0.2, 0) is 0 Å². The Morgan fingerprint density at radius 3 is 1.30 bits per heavy atom. The maximum atomic E-state index is 5.45. The summed E-state index contributed by atoms with van der Waals surface area (Å²) in [5, 5.41) is 6.97. The number of nitrogens with zero attached hydrogens (tertiary/aromatic N) is 6. The van der Waals surface area contributed by atoms with E-state index in [2.05, 4.69) is 232 Å². The summed E-state index contributed by atoms with van der Waals surface area (Å²) in [4.78, 5) is 16.1. The van der Waals surface area contributed by atoms with Gasteiger partial charge in [-0.2, -0.15) is 9.97 Å². The highest BCUT2D eigenvalue weighted by molar-refractivity contribution is 6.24. The molecular weight excluding hydrogens is 841 g/mol. The lowest BCUT2D eigenvalue weighted by atomic mass is 10.0. The van der Waals surface area contributed by atoms with Gasteiger partial charge in [0.05, 0.1) is 33.1 Å². The molecule has 14 rings (SSSR count). The van der Waals surface area contributed by atoms with E-state index in [4.69, 9.17) is 15.0 Å². The van der Waals surface area contributed by atoms with Gasteiger partial charge in [-0.1, -0.05) is 188 Å². The average Bonchev–Trinajstić information content (AvgIpc) is 4.07. The molecule has 0 aliphatic heterocycles. The van der Waals surface area contributed by atoms with Crippen molar-refractivity contribution in [3.05, 3.63) is 243 Å². The summed E-state index contributed by atoms with van der Waals surface area (Å²) in [6.07, 6.45) is 0. The summed E-state index contributed by atoms with van der Waals surface area (Å²) in [7, 11) is 0. The molecule has 0 saturated heterocycles. The summed E-state index contributed by atoms with van der Waals surface area (Å²) in [6.45, 7) is 0. The van der Waals surface area contributed by atoms with Crippen molar-refractivity contribution in [3.63, 3.8) is 0 Å². The lowest BCUT2D eigenvalue weighted by Crippen LogP contribution is -2.07. The van der Waals surface area contributed by atoms with Crippen LogP contribution in [0, 0.1) is 0 Å². The third-order valence-electron chi connectivity index (χ3n) is 13.7. The molecule has 0 fully saturated rings. The highest BCUT2D eigenvalue weighted by atomic mass is 15.2. The zero-order valence-electron chi connectivity index (χ0n) is 37.3. The first kappa shape index (κ1) is 38.8. The molecule has 0 N–H and O–H groups in total. The van der Waals surface area contributed by atoms with Gasteiger partial charge in [0.2, 0.25) is 5.95 Å². The van der Waals surface area contributed by atoms with Gasteiger partial charge in [0, 0.05) is 54.8 Å². The Bertz CT molecular complexity index is 4230. The number of aromatic nitrogens is 6. The molecule has 4 heterocycles. The summed E-state index contributed by atoms with van der Waals surface area (Å²) in [6, 6.07) is 86.3. The van der Waals surface area contributed by atoms with Gasteiger partial charge in [0.1, 0.15) is 0 Å². The van der Waals surface area contributed by atoms with Crippen molar-refractivity contribution in [3.8, 4) is 62.4 Å². The SMILES string of the molecule is c1ccc(-c2ccc(-n3c4ccc(-n5c6ccccc6c6ccccc65)cc4c4ccc5c6ccccc6n(-c6nc(-c7ccccc7)nc(-c7cccc(-c8ccccc8)c7)n6)c5c43)cc2)cc1. The first-order chi connectivity index (χ1) is 34.2. The van der Waals surface area contributed by atoms with Gasteiger partial charge in [-0.3, -0.25) is 4.57 Å².